The molecule has 11 heteroatoms. The van der Waals surface area contributed by atoms with Crippen molar-refractivity contribution in [3.63, 3.8) is 0 Å². The fourth-order valence-corrected chi connectivity index (χ4v) is 6.26. The maximum Gasteiger partial charge on any atom is 0.301 e. The molecule has 9 nitrogen and oxygen atoms in total. The number of benzene rings is 3. The van der Waals surface area contributed by atoms with E-state index in [1.807, 2.05) is 30.3 Å². The van der Waals surface area contributed by atoms with Crippen molar-refractivity contribution in [1.82, 2.24) is 10.2 Å². The average Bonchev–Trinajstić information content (AvgIpc) is 3.57. The van der Waals surface area contributed by atoms with Crippen molar-refractivity contribution in [2.75, 3.05) is 26.2 Å². The van der Waals surface area contributed by atoms with Crippen LogP contribution in [0, 0.1) is 0 Å². The number of hydrogen-bond acceptors (Lipinski definition) is 10. The number of carbonyl (C=O) groups excluding carboxylic acids is 2. The lowest BCUT2D eigenvalue weighted by atomic mass is 9.95. The van der Waals surface area contributed by atoms with E-state index < -0.39 is 17.7 Å². The van der Waals surface area contributed by atoms with Crippen molar-refractivity contribution < 1.29 is 28.9 Å². The molecule has 0 radical (unpaired) electrons. The molecular weight excluding hydrogens is 550 g/mol. The maximum atomic E-state index is 13.5. The van der Waals surface area contributed by atoms with E-state index in [2.05, 4.69) is 10.2 Å². The second kappa shape index (κ2) is 11.8. The normalized spacial score (nSPS) is 16.3. The lowest BCUT2D eigenvalue weighted by molar-refractivity contribution is -0.132. The van der Waals surface area contributed by atoms with Gasteiger partial charge in [-0.15, -0.1) is 10.2 Å². The summed E-state index contributed by atoms with van der Waals surface area (Å²) in [6, 6.07) is 20.8. The number of aliphatic hydroxyl groups is 1. The summed E-state index contributed by atoms with van der Waals surface area (Å²) in [6.07, 6.45) is 0. The standard InChI is InChI=1S/C29H25N3O6S2/c1-36-20-14-19(15-21(37-2)26(20)38-3)23-22(24(33)18-12-8-5-9-13-18)25(34)27(35)32(23)28-30-31-29(40-28)39-16-17-10-6-4-7-11-17/h4-15,23,33H,16H2,1-3H3/b24-22-. The van der Waals surface area contributed by atoms with Gasteiger partial charge >= 0.3 is 5.91 Å². The number of ketones is 1. The summed E-state index contributed by atoms with van der Waals surface area (Å²) in [5, 5.41) is 20.1. The number of amides is 1. The molecule has 1 amide bonds. The van der Waals surface area contributed by atoms with Crippen LogP contribution in [0.5, 0.6) is 17.2 Å². The third kappa shape index (κ3) is 5.13. The fraction of sp³-hybridized carbons (Fsp3) is 0.172. The van der Waals surface area contributed by atoms with Gasteiger partial charge in [0.25, 0.3) is 5.78 Å². The lowest BCUT2D eigenvalue weighted by Crippen LogP contribution is -2.29. The minimum absolute atomic E-state index is 0.0841. The number of methoxy groups -OCH3 is 3. The van der Waals surface area contributed by atoms with Crippen LogP contribution in [0.3, 0.4) is 0 Å². The van der Waals surface area contributed by atoms with Crippen molar-refractivity contribution in [2.45, 2.75) is 16.1 Å². The molecule has 1 aliphatic heterocycles. The molecule has 204 valence electrons. The molecule has 40 heavy (non-hydrogen) atoms. The number of thioether (sulfide) groups is 1. The molecule has 1 atom stereocenters. The highest BCUT2D eigenvalue weighted by molar-refractivity contribution is 8.00. The van der Waals surface area contributed by atoms with Crippen LogP contribution in [-0.4, -0.2) is 48.3 Å². The molecule has 1 unspecified atom stereocenters. The van der Waals surface area contributed by atoms with E-state index in [-0.39, 0.29) is 16.5 Å². The first-order valence-corrected chi connectivity index (χ1v) is 13.9. The number of hydrogen-bond donors (Lipinski definition) is 1. The van der Waals surface area contributed by atoms with Gasteiger partial charge in [-0.1, -0.05) is 83.8 Å². The first-order valence-electron chi connectivity index (χ1n) is 12.1. The quantitative estimate of drug-likeness (QED) is 0.0911. The van der Waals surface area contributed by atoms with Crippen molar-refractivity contribution in [1.29, 1.82) is 0 Å². The van der Waals surface area contributed by atoms with E-state index in [1.54, 1.807) is 42.5 Å². The van der Waals surface area contributed by atoms with Gasteiger partial charge in [-0.3, -0.25) is 14.5 Å². The Bertz CT molecular complexity index is 1550. The molecular formula is C29H25N3O6S2. The van der Waals surface area contributed by atoms with Crippen LogP contribution >= 0.6 is 23.1 Å². The summed E-state index contributed by atoms with van der Waals surface area (Å²) in [4.78, 5) is 28.3. The van der Waals surface area contributed by atoms with Gasteiger partial charge in [-0.2, -0.15) is 0 Å². The van der Waals surface area contributed by atoms with Gasteiger partial charge in [-0.25, -0.2) is 0 Å². The highest BCUT2D eigenvalue weighted by atomic mass is 32.2. The van der Waals surface area contributed by atoms with Crippen molar-refractivity contribution in [2.24, 2.45) is 0 Å². The molecule has 1 saturated heterocycles. The summed E-state index contributed by atoms with van der Waals surface area (Å²) in [7, 11) is 4.43. The molecule has 0 aliphatic carbocycles. The molecule has 0 spiro atoms. The van der Waals surface area contributed by atoms with E-state index >= 15 is 0 Å². The first-order chi connectivity index (χ1) is 19.5. The predicted octanol–water partition coefficient (Wildman–Crippen LogP) is 5.48. The molecule has 0 bridgehead atoms. The Labute approximate surface area is 239 Å². The summed E-state index contributed by atoms with van der Waals surface area (Å²) in [5.74, 6) is -0.288. The minimum Gasteiger partial charge on any atom is -0.507 e. The summed E-state index contributed by atoms with van der Waals surface area (Å²) in [6.45, 7) is 0. The van der Waals surface area contributed by atoms with Crippen molar-refractivity contribution in [3.8, 4) is 17.2 Å². The zero-order valence-electron chi connectivity index (χ0n) is 21.9. The van der Waals surface area contributed by atoms with Gasteiger partial charge in [0, 0.05) is 11.3 Å². The van der Waals surface area contributed by atoms with E-state index in [0.29, 0.717) is 38.5 Å². The fourth-order valence-electron chi connectivity index (χ4n) is 4.43. The lowest BCUT2D eigenvalue weighted by Gasteiger charge is -2.24. The number of carbonyl (C=O) groups is 2. The van der Waals surface area contributed by atoms with Gasteiger partial charge in [0.05, 0.1) is 32.9 Å². The van der Waals surface area contributed by atoms with Gasteiger partial charge in [0.15, 0.2) is 15.8 Å². The third-order valence-electron chi connectivity index (χ3n) is 6.30. The summed E-state index contributed by atoms with van der Waals surface area (Å²) >= 11 is 2.67. The Morgan fingerprint density at radius 1 is 0.925 bits per heavy atom. The SMILES string of the molecule is COc1cc(C2/C(=C(/O)c3ccccc3)C(=O)C(=O)N2c2nnc(SCc3ccccc3)s2)cc(OC)c1OC. The van der Waals surface area contributed by atoms with Crippen LogP contribution in [0.1, 0.15) is 22.7 Å². The molecule has 1 N–H and O–H groups in total. The minimum atomic E-state index is -1.03. The highest BCUT2D eigenvalue weighted by Crippen LogP contribution is 2.48. The number of anilines is 1. The molecule has 1 aliphatic rings. The Morgan fingerprint density at radius 2 is 1.55 bits per heavy atom. The Morgan fingerprint density at radius 3 is 2.15 bits per heavy atom. The summed E-state index contributed by atoms with van der Waals surface area (Å²) in [5.41, 5.74) is 1.89. The van der Waals surface area contributed by atoms with E-state index in [9.17, 15) is 14.7 Å². The number of ether oxygens (including phenoxy) is 3. The molecule has 5 rings (SSSR count). The number of Topliss-reactive ketones (excluding diaryl/α,β-unsaturated/α-hetero) is 1. The first kappa shape index (κ1) is 27.2. The molecule has 3 aromatic carbocycles. The molecule has 2 heterocycles. The Kier molecular flexibility index (Phi) is 8.04. The van der Waals surface area contributed by atoms with Crippen LogP contribution in [-0.2, 0) is 15.3 Å². The highest BCUT2D eigenvalue weighted by Gasteiger charge is 2.49. The van der Waals surface area contributed by atoms with Crippen molar-refractivity contribution in [3.05, 3.63) is 95.1 Å². The van der Waals surface area contributed by atoms with Crippen LogP contribution in [0.25, 0.3) is 5.76 Å². The smallest absolute Gasteiger partial charge is 0.301 e. The number of aliphatic hydroxyl groups excluding tert-OH is 1. The van der Waals surface area contributed by atoms with Crippen LogP contribution in [0.2, 0.25) is 0 Å². The zero-order chi connectivity index (χ0) is 28.2. The maximum absolute atomic E-state index is 13.5. The van der Waals surface area contributed by atoms with Gasteiger partial charge in [-0.05, 0) is 23.3 Å². The topological polar surface area (TPSA) is 111 Å². The number of nitrogens with zero attached hydrogens (tertiary/aromatic N) is 3. The van der Waals surface area contributed by atoms with E-state index in [1.165, 1.54) is 49.3 Å². The van der Waals surface area contributed by atoms with E-state index in [4.69, 9.17) is 14.2 Å². The van der Waals surface area contributed by atoms with Gasteiger partial charge in [0.1, 0.15) is 5.76 Å². The van der Waals surface area contributed by atoms with Crippen LogP contribution in [0.15, 0.2) is 82.7 Å². The molecule has 0 saturated carbocycles. The van der Waals surface area contributed by atoms with E-state index in [0.717, 1.165) is 5.56 Å². The second-order valence-corrected chi connectivity index (χ2v) is 10.8. The van der Waals surface area contributed by atoms with Crippen LogP contribution < -0.4 is 19.1 Å². The molecule has 1 fully saturated rings. The molecule has 1 aromatic heterocycles. The largest absolute Gasteiger partial charge is 0.507 e. The van der Waals surface area contributed by atoms with Gasteiger partial charge < -0.3 is 19.3 Å². The Hall–Kier alpha value is -4.35. The van der Waals surface area contributed by atoms with Gasteiger partial charge in [0.2, 0.25) is 10.9 Å². The Balaban J connectivity index is 1.63. The number of aromatic nitrogens is 2. The van der Waals surface area contributed by atoms with Crippen molar-refractivity contribution >= 4 is 45.7 Å². The summed E-state index contributed by atoms with van der Waals surface area (Å²) < 4.78 is 17.2. The van der Waals surface area contributed by atoms with Crippen LogP contribution in [0.4, 0.5) is 5.13 Å². The number of rotatable bonds is 9. The zero-order valence-corrected chi connectivity index (χ0v) is 23.5. The average molecular weight is 576 g/mol. The molecule has 4 aromatic rings. The second-order valence-electron chi connectivity index (χ2n) is 8.62. The predicted molar refractivity (Wildman–Crippen MR) is 153 cm³/mol. The third-order valence-corrected chi connectivity index (χ3v) is 8.43. The monoisotopic (exact) mass is 575 g/mol.